The topological polar surface area (TPSA) is 63.5 Å². The first-order valence-corrected chi connectivity index (χ1v) is 7.51. The highest BCUT2D eigenvalue weighted by atomic mass is 79.9. The molecule has 1 aromatic rings. The van der Waals surface area contributed by atoms with Gasteiger partial charge in [0.25, 0.3) is 11.6 Å². The molecular weight excluding hydrogens is 324 g/mol. The molecule has 0 aliphatic heterocycles. The summed E-state index contributed by atoms with van der Waals surface area (Å²) in [6.07, 6.45) is 5.54. The van der Waals surface area contributed by atoms with Crippen LogP contribution in [0.2, 0.25) is 0 Å². The van der Waals surface area contributed by atoms with E-state index >= 15 is 0 Å². The highest BCUT2D eigenvalue weighted by molar-refractivity contribution is 9.10. The summed E-state index contributed by atoms with van der Waals surface area (Å²) in [5.41, 5.74) is 0.292. The predicted octanol–water partition coefficient (Wildman–Crippen LogP) is 3.76. The minimum absolute atomic E-state index is 0.0760. The molecule has 0 bridgehead atoms. The summed E-state index contributed by atoms with van der Waals surface area (Å²) in [6, 6.07) is 4.77. The van der Waals surface area contributed by atoms with E-state index in [-0.39, 0.29) is 17.6 Å². The van der Waals surface area contributed by atoms with E-state index in [1.165, 1.54) is 12.5 Å². The number of rotatable bonds is 3. The van der Waals surface area contributed by atoms with Crippen molar-refractivity contribution in [3.63, 3.8) is 0 Å². The number of halogens is 1. The largest absolute Gasteiger partial charge is 0.339 e. The van der Waals surface area contributed by atoms with Crippen LogP contribution >= 0.6 is 15.9 Å². The Kier molecular flexibility index (Phi) is 4.75. The maximum atomic E-state index is 12.4. The summed E-state index contributed by atoms with van der Waals surface area (Å²) in [5, 5.41) is 10.9. The molecule has 1 aromatic carbocycles. The molecule has 1 fully saturated rings. The number of nitrogens with zero attached hydrogens (tertiary/aromatic N) is 2. The molecule has 1 saturated carbocycles. The number of nitro benzene ring substituents is 1. The Balaban J connectivity index is 2.19. The van der Waals surface area contributed by atoms with Gasteiger partial charge in [0.05, 0.1) is 9.40 Å². The van der Waals surface area contributed by atoms with Gasteiger partial charge in [-0.3, -0.25) is 14.9 Å². The van der Waals surface area contributed by atoms with Crippen LogP contribution in [0.5, 0.6) is 0 Å². The predicted molar refractivity (Wildman–Crippen MR) is 79.8 cm³/mol. The van der Waals surface area contributed by atoms with Crippen molar-refractivity contribution in [1.29, 1.82) is 0 Å². The Morgan fingerprint density at radius 2 is 2.00 bits per heavy atom. The number of nitro groups is 1. The molecule has 0 heterocycles. The first-order valence-electron chi connectivity index (χ1n) is 6.72. The molecule has 0 atom stereocenters. The molecule has 0 spiro atoms. The Morgan fingerprint density at radius 1 is 1.35 bits per heavy atom. The number of amides is 1. The Hall–Kier alpha value is -1.43. The first kappa shape index (κ1) is 15.0. The van der Waals surface area contributed by atoms with E-state index in [1.54, 1.807) is 24.1 Å². The van der Waals surface area contributed by atoms with Gasteiger partial charge in [-0.2, -0.15) is 0 Å². The van der Waals surface area contributed by atoms with Crippen molar-refractivity contribution in [2.45, 2.75) is 38.1 Å². The van der Waals surface area contributed by atoms with Crippen molar-refractivity contribution < 1.29 is 9.72 Å². The molecule has 0 N–H and O–H groups in total. The molecule has 0 radical (unpaired) electrons. The number of hydrogen-bond donors (Lipinski definition) is 0. The lowest BCUT2D eigenvalue weighted by Crippen LogP contribution is -2.38. The van der Waals surface area contributed by atoms with Crippen LogP contribution in [-0.2, 0) is 0 Å². The van der Waals surface area contributed by atoms with Crippen LogP contribution < -0.4 is 0 Å². The number of carbonyl (C=O) groups is 1. The van der Waals surface area contributed by atoms with Crippen molar-refractivity contribution in [1.82, 2.24) is 4.90 Å². The molecule has 108 valence electrons. The summed E-state index contributed by atoms with van der Waals surface area (Å²) < 4.78 is 0.388. The van der Waals surface area contributed by atoms with Gasteiger partial charge in [-0.05, 0) is 40.9 Å². The first-order chi connectivity index (χ1) is 9.50. The Labute approximate surface area is 126 Å². The lowest BCUT2D eigenvalue weighted by Gasteiger charge is -2.31. The van der Waals surface area contributed by atoms with E-state index < -0.39 is 4.92 Å². The third-order valence-electron chi connectivity index (χ3n) is 3.83. The average molecular weight is 341 g/mol. The van der Waals surface area contributed by atoms with Gasteiger partial charge < -0.3 is 4.90 Å². The summed E-state index contributed by atoms with van der Waals surface area (Å²) in [6.45, 7) is 0. The van der Waals surface area contributed by atoms with Crippen molar-refractivity contribution in [3.05, 3.63) is 38.3 Å². The molecule has 1 aliphatic rings. The van der Waals surface area contributed by atoms with Crippen LogP contribution in [0.25, 0.3) is 0 Å². The lowest BCUT2D eigenvalue weighted by atomic mass is 9.94. The van der Waals surface area contributed by atoms with E-state index in [2.05, 4.69) is 15.9 Å². The van der Waals surface area contributed by atoms with E-state index in [0.29, 0.717) is 10.0 Å². The molecule has 2 rings (SSSR count). The van der Waals surface area contributed by atoms with Crippen LogP contribution in [0, 0.1) is 10.1 Å². The second kappa shape index (κ2) is 6.35. The lowest BCUT2D eigenvalue weighted by molar-refractivity contribution is -0.385. The number of hydrogen-bond acceptors (Lipinski definition) is 3. The molecule has 0 saturated heterocycles. The fourth-order valence-corrected chi connectivity index (χ4v) is 3.01. The Bertz CT molecular complexity index is 527. The van der Waals surface area contributed by atoms with E-state index in [9.17, 15) is 14.9 Å². The Morgan fingerprint density at radius 3 is 2.60 bits per heavy atom. The standard InChI is InChI=1S/C14H17BrN2O3/c1-16(11-5-3-2-4-6-11)14(18)10-7-8-12(15)13(9-10)17(19)20/h7-9,11H,2-6H2,1H3. The van der Waals surface area contributed by atoms with Gasteiger partial charge in [0.1, 0.15) is 0 Å². The van der Waals surface area contributed by atoms with Crippen LogP contribution in [-0.4, -0.2) is 28.8 Å². The quantitative estimate of drug-likeness (QED) is 0.621. The number of carbonyl (C=O) groups excluding carboxylic acids is 1. The number of benzene rings is 1. The molecule has 1 aliphatic carbocycles. The second-order valence-electron chi connectivity index (χ2n) is 5.13. The van der Waals surface area contributed by atoms with Gasteiger partial charge in [-0.1, -0.05) is 19.3 Å². The summed E-state index contributed by atoms with van der Waals surface area (Å²) >= 11 is 3.13. The minimum Gasteiger partial charge on any atom is -0.339 e. The SMILES string of the molecule is CN(C(=O)c1ccc(Br)c([N+](=O)[O-])c1)C1CCCCC1. The zero-order valence-corrected chi connectivity index (χ0v) is 12.9. The van der Waals surface area contributed by atoms with Crippen LogP contribution in [0.15, 0.2) is 22.7 Å². The zero-order chi connectivity index (χ0) is 14.7. The van der Waals surface area contributed by atoms with Crippen molar-refractivity contribution in [2.75, 3.05) is 7.05 Å². The molecule has 20 heavy (non-hydrogen) atoms. The molecular formula is C14H17BrN2O3. The van der Waals surface area contributed by atoms with Crippen molar-refractivity contribution in [3.8, 4) is 0 Å². The van der Waals surface area contributed by atoms with Gasteiger partial charge >= 0.3 is 0 Å². The third kappa shape index (κ3) is 3.17. The maximum absolute atomic E-state index is 12.4. The van der Waals surface area contributed by atoms with Crippen molar-refractivity contribution in [2.24, 2.45) is 0 Å². The molecule has 6 heteroatoms. The molecule has 0 aromatic heterocycles. The minimum atomic E-state index is -0.485. The zero-order valence-electron chi connectivity index (χ0n) is 11.3. The van der Waals surface area contributed by atoms with E-state index in [0.717, 1.165) is 25.7 Å². The molecule has 5 nitrogen and oxygen atoms in total. The van der Waals surface area contributed by atoms with Gasteiger partial charge in [0.2, 0.25) is 0 Å². The summed E-state index contributed by atoms with van der Waals surface area (Å²) in [7, 11) is 1.78. The normalized spacial score (nSPS) is 15.9. The van der Waals surface area contributed by atoms with Crippen LogP contribution in [0.3, 0.4) is 0 Å². The van der Waals surface area contributed by atoms with E-state index in [4.69, 9.17) is 0 Å². The monoisotopic (exact) mass is 340 g/mol. The molecule has 1 amide bonds. The van der Waals surface area contributed by atoms with Gasteiger partial charge in [0.15, 0.2) is 0 Å². The summed E-state index contributed by atoms with van der Waals surface area (Å²) in [4.78, 5) is 24.6. The third-order valence-corrected chi connectivity index (χ3v) is 4.50. The smallest absolute Gasteiger partial charge is 0.284 e. The average Bonchev–Trinajstić information content (AvgIpc) is 2.47. The fraction of sp³-hybridized carbons (Fsp3) is 0.500. The van der Waals surface area contributed by atoms with Gasteiger partial charge in [0, 0.05) is 24.7 Å². The summed E-state index contributed by atoms with van der Waals surface area (Å²) in [5.74, 6) is -0.146. The maximum Gasteiger partial charge on any atom is 0.284 e. The van der Waals surface area contributed by atoms with Gasteiger partial charge in [-0.25, -0.2) is 0 Å². The van der Waals surface area contributed by atoms with Crippen molar-refractivity contribution >= 4 is 27.5 Å². The van der Waals surface area contributed by atoms with Crippen LogP contribution in [0.4, 0.5) is 5.69 Å². The van der Waals surface area contributed by atoms with E-state index in [1.807, 2.05) is 0 Å². The highest BCUT2D eigenvalue weighted by Crippen LogP contribution is 2.27. The van der Waals surface area contributed by atoms with Gasteiger partial charge in [-0.15, -0.1) is 0 Å². The second-order valence-corrected chi connectivity index (χ2v) is 5.99. The highest BCUT2D eigenvalue weighted by Gasteiger charge is 2.24. The van der Waals surface area contributed by atoms with Crippen LogP contribution in [0.1, 0.15) is 42.5 Å². The fourth-order valence-electron chi connectivity index (χ4n) is 2.62. The molecule has 0 unspecified atom stereocenters.